The van der Waals surface area contributed by atoms with Crippen molar-refractivity contribution in [1.82, 2.24) is 4.90 Å². The molecule has 0 N–H and O–H groups in total. The minimum atomic E-state index is -0.103. The van der Waals surface area contributed by atoms with Crippen LogP contribution in [0.4, 0.5) is 0 Å². The summed E-state index contributed by atoms with van der Waals surface area (Å²) < 4.78 is 10.5. The van der Waals surface area contributed by atoms with E-state index in [9.17, 15) is 0 Å². The molecule has 2 rings (SSSR count). The Morgan fingerprint density at radius 1 is 1.32 bits per heavy atom. The second-order valence-corrected chi connectivity index (χ2v) is 4.59. The van der Waals surface area contributed by atoms with Crippen molar-refractivity contribution >= 4 is 0 Å². The van der Waals surface area contributed by atoms with Crippen molar-refractivity contribution in [1.29, 1.82) is 0 Å². The Balaban J connectivity index is 1.97. The zero-order valence-electron chi connectivity index (χ0n) is 11.2. The maximum atomic E-state index is 8.54. The number of hydrogen-bond donors (Lipinski definition) is 0. The van der Waals surface area contributed by atoms with E-state index in [4.69, 9.17) is 15.0 Å². The lowest BCUT2D eigenvalue weighted by Gasteiger charge is -2.15. The van der Waals surface area contributed by atoms with Gasteiger partial charge in [0.1, 0.15) is 5.75 Å². The molecule has 1 saturated heterocycles. The molecule has 0 amide bonds. The predicted octanol–water partition coefficient (Wildman–Crippen LogP) is 2.20. The summed E-state index contributed by atoms with van der Waals surface area (Å²) >= 11 is 0. The van der Waals surface area contributed by atoms with Gasteiger partial charge in [0.2, 0.25) is 0 Å². The van der Waals surface area contributed by atoms with Crippen LogP contribution in [0.5, 0.6) is 5.75 Å². The Hall–Kier alpha value is -1.75. The highest BCUT2D eigenvalue weighted by Crippen LogP contribution is 2.20. The van der Waals surface area contributed by atoms with Crippen molar-refractivity contribution in [2.45, 2.75) is 18.7 Å². The van der Waals surface area contributed by atoms with Gasteiger partial charge in [-0.05, 0) is 23.2 Å². The predicted molar refractivity (Wildman–Crippen MR) is 72.0 cm³/mol. The maximum absolute atomic E-state index is 8.54. The van der Waals surface area contributed by atoms with Crippen LogP contribution in [0, 0.1) is 0 Å². The van der Waals surface area contributed by atoms with Crippen molar-refractivity contribution in [2.24, 2.45) is 5.11 Å². The van der Waals surface area contributed by atoms with E-state index in [0.717, 1.165) is 25.4 Å². The largest absolute Gasteiger partial charge is 0.497 e. The van der Waals surface area contributed by atoms with Gasteiger partial charge in [-0.25, -0.2) is 0 Å². The molecule has 1 aliphatic heterocycles. The summed E-state index contributed by atoms with van der Waals surface area (Å²) in [5.41, 5.74) is 9.75. The molecule has 0 spiro atoms. The molecule has 6 heteroatoms. The van der Waals surface area contributed by atoms with Crippen LogP contribution in [-0.4, -0.2) is 44.4 Å². The quantitative estimate of drug-likeness (QED) is 0.464. The van der Waals surface area contributed by atoms with E-state index in [1.54, 1.807) is 14.2 Å². The summed E-state index contributed by atoms with van der Waals surface area (Å²) in [5, 5.41) is 3.79. The minimum Gasteiger partial charge on any atom is -0.497 e. The summed E-state index contributed by atoms with van der Waals surface area (Å²) in [6, 6.07) is 7.88. The molecule has 2 atom stereocenters. The topological polar surface area (TPSA) is 70.5 Å². The molecule has 0 aliphatic carbocycles. The van der Waals surface area contributed by atoms with Gasteiger partial charge in [0, 0.05) is 31.7 Å². The second-order valence-electron chi connectivity index (χ2n) is 4.59. The van der Waals surface area contributed by atoms with E-state index in [0.29, 0.717) is 0 Å². The van der Waals surface area contributed by atoms with Crippen molar-refractivity contribution < 1.29 is 9.47 Å². The summed E-state index contributed by atoms with van der Waals surface area (Å²) in [6.07, 6.45) is -0.0193. The van der Waals surface area contributed by atoms with Gasteiger partial charge in [0.05, 0.1) is 19.3 Å². The van der Waals surface area contributed by atoms with Gasteiger partial charge >= 0.3 is 0 Å². The van der Waals surface area contributed by atoms with Crippen LogP contribution >= 0.6 is 0 Å². The Morgan fingerprint density at radius 3 is 2.63 bits per heavy atom. The van der Waals surface area contributed by atoms with E-state index < -0.39 is 0 Å². The lowest BCUT2D eigenvalue weighted by molar-refractivity contribution is 0.0977. The molecule has 1 heterocycles. The standard InChI is InChI=1S/C13H18N4O2/c1-18-11-5-3-10(4-6-11)7-17-8-12(15-16-14)13(9-17)19-2/h3-6,12-13H,7-9H2,1-2H3/t12-,13-/m1/s1. The molecular formula is C13H18N4O2. The Labute approximate surface area is 112 Å². The molecule has 0 saturated carbocycles. The summed E-state index contributed by atoms with van der Waals surface area (Å²) in [5.74, 6) is 0.854. The number of rotatable bonds is 5. The third kappa shape index (κ3) is 3.38. The first-order valence-electron chi connectivity index (χ1n) is 6.19. The lowest BCUT2D eigenvalue weighted by atomic mass is 10.2. The number of methoxy groups -OCH3 is 2. The molecule has 0 radical (unpaired) electrons. The third-order valence-corrected chi connectivity index (χ3v) is 3.38. The number of likely N-dealkylation sites (tertiary alicyclic amines) is 1. The Kier molecular flexibility index (Phi) is 4.63. The summed E-state index contributed by atoms with van der Waals surface area (Å²) in [4.78, 5) is 5.11. The van der Waals surface area contributed by atoms with Gasteiger partial charge < -0.3 is 9.47 Å². The molecule has 1 aliphatic rings. The van der Waals surface area contributed by atoms with Crippen LogP contribution in [0.15, 0.2) is 29.4 Å². The monoisotopic (exact) mass is 262 g/mol. The zero-order valence-corrected chi connectivity index (χ0v) is 11.2. The first kappa shape index (κ1) is 13.7. The van der Waals surface area contributed by atoms with Crippen LogP contribution in [0.1, 0.15) is 5.56 Å². The molecule has 1 aromatic carbocycles. The van der Waals surface area contributed by atoms with E-state index in [1.807, 2.05) is 24.3 Å². The van der Waals surface area contributed by atoms with Crippen molar-refractivity contribution in [3.8, 4) is 5.75 Å². The van der Waals surface area contributed by atoms with Crippen molar-refractivity contribution in [3.05, 3.63) is 40.3 Å². The van der Waals surface area contributed by atoms with Crippen LogP contribution in [0.2, 0.25) is 0 Å². The lowest BCUT2D eigenvalue weighted by Crippen LogP contribution is -2.23. The van der Waals surface area contributed by atoms with E-state index in [2.05, 4.69) is 14.9 Å². The van der Waals surface area contributed by atoms with Crippen LogP contribution < -0.4 is 4.74 Å². The van der Waals surface area contributed by atoms with Crippen LogP contribution in [0.3, 0.4) is 0 Å². The van der Waals surface area contributed by atoms with Crippen molar-refractivity contribution in [2.75, 3.05) is 27.3 Å². The average molecular weight is 262 g/mol. The molecule has 0 unspecified atom stereocenters. The number of nitrogens with zero attached hydrogens (tertiary/aromatic N) is 4. The Morgan fingerprint density at radius 2 is 2.05 bits per heavy atom. The van der Waals surface area contributed by atoms with Crippen LogP contribution in [-0.2, 0) is 11.3 Å². The fraction of sp³-hybridized carbons (Fsp3) is 0.538. The van der Waals surface area contributed by atoms with E-state index >= 15 is 0 Å². The van der Waals surface area contributed by atoms with Gasteiger partial charge in [0.25, 0.3) is 0 Å². The zero-order chi connectivity index (χ0) is 13.7. The fourth-order valence-corrected chi connectivity index (χ4v) is 2.36. The van der Waals surface area contributed by atoms with E-state index in [1.165, 1.54) is 5.56 Å². The smallest absolute Gasteiger partial charge is 0.118 e. The first-order chi connectivity index (χ1) is 9.26. The number of azide groups is 1. The summed E-state index contributed by atoms with van der Waals surface area (Å²) in [6.45, 7) is 2.34. The average Bonchev–Trinajstić information content (AvgIpc) is 2.82. The number of hydrogen-bond acceptors (Lipinski definition) is 4. The SMILES string of the molecule is COc1ccc(CN2C[C@@H](N=[N+]=[N-])[C@H](OC)C2)cc1. The molecule has 102 valence electrons. The normalized spacial score (nSPS) is 23.1. The molecule has 1 aromatic rings. The molecule has 6 nitrogen and oxygen atoms in total. The van der Waals surface area contributed by atoms with Gasteiger partial charge in [-0.1, -0.05) is 17.2 Å². The van der Waals surface area contributed by atoms with E-state index in [-0.39, 0.29) is 12.1 Å². The molecule has 0 bridgehead atoms. The maximum Gasteiger partial charge on any atom is 0.118 e. The van der Waals surface area contributed by atoms with Crippen LogP contribution in [0.25, 0.3) is 10.4 Å². The summed E-state index contributed by atoms with van der Waals surface area (Å²) in [7, 11) is 3.31. The fourth-order valence-electron chi connectivity index (χ4n) is 2.36. The molecular weight excluding hydrogens is 244 g/mol. The number of ether oxygens (including phenoxy) is 2. The van der Waals surface area contributed by atoms with Gasteiger partial charge in [-0.2, -0.15) is 0 Å². The second kappa shape index (κ2) is 6.43. The highest BCUT2D eigenvalue weighted by atomic mass is 16.5. The third-order valence-electron chi connectivity index (χ3n) is 3.38. The first-order valence-corrected chi connectivity index (χ1v) is 6.19. The number of benzene rings is 1. The Bertz CT molecular complexity index is 456. The highest BCUT2D eigenvalue weighted by molar-refractivity contribution is 5.27. The highest BCUT2D eigenvalue weighted by Gasteiger charge is 2.31. The van der Waals surface area contributed by atoms with Gasteiger partial charge in [-0.15, -0.1) is 0 Å². The minimum absolute atomic E-state index is 0.0193. The molecule has 19 heavy (non-hydrogen) atoms. The van der Waals surface area contributed by atoms with Gasteiger partial charge in [-0.3, -0.25) is 4.90 Å². The molecule has 0 aromatic heterocycles. The van der Waals surface area contributed by atoms with Gasteiger partial charge in [0.15, 0.2) is 0 Å². The van der Waals surface area contributed by atoms with Crippen molar-refractivity contribution in [3.63, 3.8) is 0 Å². The molecule has 1 fully saturated rings.